The molecule has 18 heavy (non-hydrogen) atoms. The predicted octanol–water partition coefficient (Wildman–Crippen LogP) is 2.23. The van der Waals surface area contributed by atoms with Gasteiger partial charge in [0.2, 0.25) is 6.54 Å². The quantitative estimate of drug-likeness (QED) is 0.821. The summed E-state index contributed by atoms with van der Waals surface area (Å²) in [5.74, 6) is -0.0106. The number of benzene rings is 1. The second-order valence-electron chi connectivity index (χ2n) is 4.33. The smallest absolute Gasteiger partial charge is 0.290 e. The normalized spacial score (nSPS) is 10.1. The highest BCUT2D eigenvalue weighted by molar-refractivity contribution is 5.90. The molecule has 0 saturated carbocycles. The molecule has 2 aromatic rings. The summed E-state index contributed by atoms with van der Waals surface area (Å²) in [6, 6.07) is 13.6. The fraction of sp³-hybridized carbons (Fsp3) is 0.200. The largest absolute Gasteiger partial charge is 0.320 e. The van der Waals surface area contributed by atoms with Gasteiger partial charge in [-0.2, -0.15) is 4.57 Å². The average molecular weight is 241 g/mol. The summed E-state index contributed by atoms with van der Waals surface area (Å²) in [4.78, 5) is 12.0. The Morgan fingerprint density at radius 1 is 1.11 bits per heavy atom. The van der Waals surface area contributed by atoms with Crippen LogP contribution in [0.15, 0.2) is 48.7 Å². The molecule has 1 heterocycles. The fourth-order valence-corrected chi connectivity index (χ4v) is 1.80. The number of nitrogens with one attached hydrogen (secondary N) is 1. The van der Waals surface area contributed by atoms with Crippen molar-refractivity contribution in [3.8, 4) is 0 Å². The summed E-state index contributed by atoms with van der Waals surface area (Å²) in [5, 5.41) is 2.93. The molecule has 1 aromatic carbocycles. The summed E-state index contributed by atoms with van der Waals surface area (Å²) in [5.41, 5.74) is 3.01. The Labute approximate surface area is 107 Å². The molecule has 3 heteroatoms. The van der Waals surface area contributed by atoms with Crippen molar-refractivity contribution in [3.05, 3.63) is 59.9 Å². The lowest BCUT2D eigenvalue weighted by Crippen LogP contribution is -2.42. The molecule has 1 N–H and O–H groups in total. The lowest BCUT2D eigenvalue weighted by Gasteiger charge is -2.06. The van der Waals surface area contributed by atoms with E-state index in [2.05, 4.69) is 5.32 Å². The minimum atomic E-state index is -0.0106. The molecule has 0 aliphatic heterocycles. The molecule has 0 aliphatic carbocycles. The maximum atomic E-state index is 12.0. The van der Waals surface area contributed by atoms with E-state index in [1.165, 1.54) is 0 Å². The van der Waals surface area contributed by atoms with Gasteiger partial charge < -0.3 is 5.32 Å². The molecule has 0 atom stereocenters. The first-order valence-corrected chi connectivity index (χ1v) is 5.97. The number of hydrogen-bond acceptors (Lipinski definition) is 1. The van der Waals surface area contributed by atoms with E-state index in [4.69, 9.17) is 0 Å². The Balaban J connectivity index is 2.06. The first kappa shape index (κ1) is 12.3. The number of amides is 1. The van der Waals surface area contributed by atoms with Crippen molar-refractivity contribution in [1.29, 1.82) is 0 Å². The van der Waals surface area contributed by atoms with E-state index in [-0.39, 0.29) is 5.91 Å². The molecule has 0 saturated heterocycles. The van der Waals surface area contributed by atoms with Crippen molar-refractivity contribution in [2.24, 2.45) is 0 Å². The number of nitrogens with zero attached hydrogens (tertiary/aromatic N) is 1. The third-order valence-corrected chi connectivity index (χ3v) is 2.90. The maximum absolute atomic E-state index is 12.0. The van der Waals surface area contributed by atoms with Crippen LogP contribution in [0.25, 0.3) is 0 Å². The Kier molecular flexibility index (Phi) is 3.72. The molecule has 92 valence electrons. The number of carbonyl (C=O) groups excluding carboxylic acids is 1. The molecular formula is C15H17N2O+. The minimum Gasteiger partial charge on any atom is -0.320 e. The van der Waals surface area contributed by atoms with Crippen LogP contribution < -0.4 is 9.88 Å². The Hall–Kier alpha value is -2.16. The third-order valence-electron chi connectivity index (χ3n) is 2.90. The van der Waals surface area contributed by atoms with Crippen LogP contribution in [0.2, 0.25) is 0 Å². The second-order valence-corrected chi connectivity index (χ2v) is 4.33. The van der Waals surface area contributed by atoms with E-state index in [1.807, 2.05) is 67.1 Å². The molecule has 3 nitrogen and oxygen atoms in total. The third kappa shape index (κ3) is 2.94. The SMILES string of the molecule is Cc1ccccc1NC(=O)C[n+]1ccccc1C. The highest BCUT2D eigenvalue weighted by Gasteiger charge is 2.12. The van der Waals surface area contributed by atoms with E-state index in [9.17, 15) is 4.79 Å². The van der Waals surface area contributed by atoms with Gasteiger partial charge in [-0.05, 0) is 18.6 Å². The standard InChI is InChI=1S/C15H16N2O/c1-12-7-3-4-9-14(12)16-15(18)11-17-10-6-5-8-13(17)2/h3-10H,11H2,1-2H3/p+1. The van der Waals surface area contributed by atoms with Gasteiger partial charge in [0, 0.05) is 24.7 Å². The molecule has 0 bridgehead atoms. The number of aromatic nitrogens is 1. The Morgan fingerprint density at radius 3 is 2.56 bits per heavy atom. The zero-order chi connectivity index (χ0) is 13.0. The number of pyridine rings is 1. The van der Waals surface area contributed by atoms with Crippen LogP contribution in [-0.4, -0.2) is 5.91 Å². The van der Waals surface area contributed by atoms with Gasteiger partial charge in [-0.1, -0.05) is 24.3 Å². The van der Waals surface area contributed by atoms with Gasteiger partial charge in [-0.15, -0.1) is 0 Å². The number of anilines is 1. The van der Waals surface area contributed by atoms with Crippen LogP contribution in [0, 0.1) is 13.8 Å². The summed E-state index contributed by atoms with van der Waals surface area (Å²) in [6.45, 7) is 4.30. The molecule has 1 amide bonds. The van der Waals surface area contributed by atoms with E-state index in [0.717, 1.165) is 16.9 Å². The van der Waals surface area contributed by atoms with E-state index < -0.39 is 0 Å². The van der Waals surface area contributed by atoms with E-state index in [1.54, 1.807) is 0 Å². The molecule has 2 rings (SSSR count). The molecule has 0 fully saturated rings. The van der Waals surface area contributed by atoms with Gasteiger partial charge in [0.15, 0.2) is 11.9 Å². The maximum Gasteiger partial charge on any atom is 0.290 e. The Bertz CT molecular complexity index is 514. The van der Waals surface area contributed by atoms with Crippen molar-refractivity contribution in [1.82, 2.24) is 0 Å². The number of para-hydroxylation sites is 1. The van der Waals surface area contributed by atoms with Crippen molar-refractivity contribution in [2.75, 3.05) is 5.32 Å². The molecule has 0 spiro atoms. The number of hydrogen-bond donors (Lipinski definition) is 1. The van der Waals surface area contributed by atoms with Crippen LogP contribution in [0.1, 0.15) is 11.3 Å². The topological polar surface area (TPSA) is 33.0 Å². The predicted molar refractivity (Wildman–Crippen MR) is 71.2 cm³/mol. The molecule has 0 aliphatic rings. The van der Waals surface area contributed by atoms with Gasteiger partial charge >= 0.3 is 0 Å². The number of aryl methyl sites for hydroxylation is 2. The summed E-state index contributed by atoms with van der Waals surface area (Å²) < 4.78 is 1.92. The van der Waals surface area contributed by atoms with Crippen LogP contribution >= 0.6 is 0 Å². The van der Waals surface area contributed by atoms with Crippen molar-refractivity contribution in [3.63, 3.8) is 0 Å². The van der Waals surface area contributed by atoms with Crippen LogP contribution in [-0.2, 0) is 11.3 Å². The fourth-order valence-electron chi connectivity index (χ4n) is 1.80. The van der Waals surface area contributed by atoms with Crippen LogP contribution in [0.4, 0.5) is 5.69 Å². The molecule has 0 radical (unpaired) electrons. The molecule has 1 aromatic heterocycles. The monoisotopic (exact) mass is 241 g/mol. The number of carbonyl (C=O) groups is 1. The van der Waals surface area contributed by atoms with Crippen molar-refractivity contribution in [2.45, 2.75) is 20.4 Å². The Morgan fingerprint density at radius 2 is 1.83 bits per heavy atom. The lowest BCUT2D eigenvalue weighted by atomic mass is 10.2. The second kappa shape index (κ2) is 5.45. The first-order valence-electron chi connectivity index (χ1n) is 5.97. The van der Waals surface area contributed by atoms with Gasteiger partial charge in [0.1, 0.15) is 0 Å². The summed E-state index contributed by atoms with van der Waals surface area (Å²) in [7, 11) is 0. The first-order chi connectivity index (χ1) is 8.66. The van der Waals surface area contributed by atoms with E-state index >= 15 is 0 Å². The van der Waals surface area contributed by atoms with Crippen LogP contribution in [0.5, 0.6) is 0 Å². The number of rotatable bonds is 3. The van der Waals surface area contributed by atoms with Gasteiger partial charge in [0.05, 0.1) is 0 Å². The van der Waals surface area contributed by atoms with Gasteiger partial charge in [-0.3, -0.25) is 4.79 Å². The zero-order valence-corrected chi connectivity index (χ0v) is 10.7. The van der Waals surface area contributed by atoms with Gasteiger partial charge in [-0.25, -0.2) is 0 Å². The molecule has 0 unspecified atom stereocenters. The average Bonchev–Trinajstić information content (AvgIpc) is 2.35. The van der Waals surface area contributed by atoms with Crippen molar-refractivity contribution >= 4 is 11.6 Å². The minimum absolute atomic E-state index is 0.0106. The molecular weight excluding hydrogens is 224 g/mol. The van der Waals surface area contributed by atoms with Crippen LogP contribution in [0.3, 0.4) is 0 Å². The lowest BCUT2D eigenvalue weighted by molar-refractivity contribution is -0.690. The van der Waals surface area contributed by atoms with Crippen molar-refractivity contribution < 1.29 is 9.36 Å². The summed E-state index contributed by atoms with van der Waals surface area (Å²) in [6.07, 6.45) is 1.91. The zero-order valence-electron chi connectivity index (χ0n) is 10.7. The highest BCUT2D eigenvalue weighted by Crippen LogP contribution is 2.12. The highest BCUT2D eigenvalue weighted by atomic mass is 16.1. The van der Waals surface area contributed by atoms with E-state index in [0.29, 0.717) is 6.54 Å². The summed E-state index contributed by atoms with van der Waals surface area (Å²) >= 11 is 0. The van der Waals surface area contributed by atoms with Gasteiger partial charge in [0.25, 0.3) is 5.91 Å².